The van der Waals surface area contributed by atoms with Gasteiger partial charge in [0, 0.05) is 30.6 Å². The molecule has 1 saturated heterocycles. The molecule has 0 radical (unpaired) electrons. The van der Waals surface area contributed by atoms with Gasteiger partial charge in [-0.15, -0.1) is 0 Å². The third kappa shape index (κ3) is 5.76. The molecule has 1 aliphatic carbocycles. The number of rotatable bonds is 10. The van der Waals surface area contributed by atoms with E-state index in [1.54, 1.807) is 10.4 Å². The molecule has 0 unspecified atom stereocenters. The molecule has 2 aliphatic rings. The quantitative estimate of drug-likeness (QED) is 0.562. The molecule has 1 saturated carbocycles. The molecule has 4 rings (SSSR count). The van der Waals surface area contributed by atoms with Crippen LogP contribution >= 0.6 is 0 Å². The van der Waals surface area contributed by atoms with Gasteiger partial charge in [0.15, 0.2) is 5.69 Å². The van der Waals surface area contributed by atoms with Crippen LogP contribution < -0.4 is 11.1 Å². The smallest absolute Gasteiger partial charge is 0.273 e. The first kappa shape index (κ1) is 22.9. The van der Waals surface area contributed by atoms with Crippen molar-refractivity contribution in [2.45, 2.75) is 62.9 Å². The zero-order valence-electron chi connectivity index (χ0n) is 18.3. The molecule has 2 heterocycles. The Balaban J connectivity index is 1.42. The lowest BCUT2D eigenvalue weighted by Gasteiger charge is -2.39. The zero-order valence-corrected chi connectivity index (χ0v) is 19.1. The topological polar surface area (TPSA) is 119 Å². The molecule has 2 atom stereocenters. The van der Waals surface area contributed by atoms with E-state index in [1.165, 1.54) is 5.56 Å². The lowest BCUT2D eigenvalue weighted by molar-refractivity contribution is 0.0900. The van der Waals surface area contributed by atoms with E-state index >= 15 is 0 Å². The fourth-order valence-corrected chi connectivity index (χ4v) is 6.16. The largest absolute Gasteiger partial charge is 0.360 e. The number of nitrogens with two attached hydrogens (primary N) is 1. The lowest BCUT2D eigenvalue weighted by atomic mass is 9.94. The Hall–Kier alpha value is -2.23. The van der Waals surface area contributed by atoms with Gasteiger partial charge < -0.3 is 15.6 Å². The molecule has 2 fully saturated rings. The van der Waals surface area contributed by atoms with Crippen LogP contribution in [0.2, 0.25) is 0 Å². The number of carbonyl (C=O) groups excluding carboxylic acids is 1. The van der Waals surface area contributed by atoms with Crippen molar-refractivity contribution >= 4 is 15.9 Å². The first-order valence-corrected chi connectivity index (χ1v) is 13.1. The van der Waals surface area contributed by atoms with E-state index in [1.807, 2.05) is 18.2 Å². The molecule has 0 spiro atoms. The van der Waals surface area contributed by atoms with Crippen molar-refractivity contribution in [3.05, 3.63) is 53.4 Å². The molecule has 174 valence electrons. The predicted molar refractivity (Wildman–Crippen MR) is 122 cm³/mol. The van der Waals surface area contributed by atoms with Crippen molar-refractivity contribution in [3.63, 3.8) is 0 Å². The van der Waals surface area contributed by atoms with Gasteiger partial charge in [-0.05, 0) is 57.1 Å². The van der Waals surface area contributed by atoms with E-state index in [9.17, 15) is 13.2 Å². The Morgan fingerprint density at radius 3 is 2.72 bits per heavy atom. The molecular weight excluding hydrogens is 428 g/mol. The summed E-state index contributed by atoms with van der Waals surface area (Å²) in [4.78, 5) is 12.7. The second-order valence-corrected chi connectivity index (χ2v) is 10.9. The van der Waals surface area contributed by atoms with Gasteiger partial charge in [0.1, 0.15) is 5.76 Å². The monoisotopic (exact) mass is 460 g/mol. The Morgan fingerprint density at radius 2 is 2.00 bits per heavy atom. The van der Waals surface area contributed by atoms with Crippen LogP contribution in [0.4, 0.5) is 0 Å². The first-order chi connectivity index (χ1) is 15.5. The number of sulfonamides is 1. The van der Waals surface area contributed by atoms with Crippen molar-refractivity contribution in [2.75, 3.05) is 18.8 Å². The number of aryl methyl sites for hydroxylation is 1. The summed E-state index contributed by atoms with van der Waals surface area (Å²) >= 11 is 0. The number of nitrogens with zero attached hydrogens (tertiary/aromatic N) is 2. The number of aromatic nitrogens is 1. The first-order valence-electron chi connectivity index (χ1n) is 11.5. The fraction of sp³-hybridized carbons (Fsp3) is 0.565. The summed E-state index contributed by atoms with van der Waals surface area (Å²) in [6.07, 6.45) is 5.24. The molecule has 32 heavy (non-hydrogen) atoms. The maximum atomic E-state index is 12.9. The maximum absolute atomic E-state index is 12.9. The summed E-state index contributed by atoms with van der Waals surface area (Å²) in [5.41, 5.74) is 7.02. The van der Waals surface area contributed by atoms with Crippen LogP contribution in [0, 0.1) is 0 Å². The second kappa shape index (κ2) is 10.1. The average molecular weight is 461 g/mol. The lowest BCUT2D eigenvalue weighted by Crippen LogP contribution is -2.52. The van der Waals surface area contributed by atoms with E-state index in [4.69, 9.17) is 10.3 Å². The highest BCUT2D eigenvalue weighted by molar-refractivity contribution is 7.89. The van der Waals surface area contributed by atoms with E-state index in [0.717, 1.165) is 25.0 Å². The SMILES string of the molecule is NCCCS(=O)(=O)N1CC[C@@H](NC(=O)c2cc(C3CC3)on2)C[C@H]1CCc1ccccc1. The van der Waals surface area contributed by atoms with Gasteiger partial charge in [0.25, 0.3) is 5.91 Å². The van der Waals surface area contributed by atoms with Gasteiger partial charge in [-0.1, -0.05) is 35.5 Å². The second-order valence-electron chi connectivity index (χ2n) is 8.83. The molecule has 1 aromatic carbocycles. The summed E-state index contributed by atoms with van der Waals surface area (Å²) in [6, 6.07) is 11.5. The molecule has 1 aromatic heterocycles. The highest BCUT2D eigenvalue weighted by Crippen LogP contribution is 2.40. The summed E-state index contributed by atoms with van der Waals surface area (Å²) < 4.78 is 32.8. The Morgan fingerprint density at radius 1 is 1.22 bits per heavy atom. The van der Waals surface area contributed by atoms with Crippen molar-refractivity contribution in [3.8, 4) is 0 Å². The number of nitrogens with one attached hydrogen (secondary N) is 1. The van der Waals surface area contributed by atoms with Gasteiger partial charge >= 0.3 is 0 Å². The van der Waals surface area contributed by atoms with Crippen LogP contribution in [-0.2, 0) is 16.4 Å². The van der Waals surface area contributed by atoms with Gasteiger partial charge in [0.05, 0.1) is 5.75 Å². The molecule has 0 bridgehead atoms. The minimum Gasteiger partial charge on any atom is -0.360 e. The Kier molecular flexibility index (Phi) is 7.27. The molecule has 8 nitrogen and oxygen atoms in total. The van der Waals surface area contributed by atoms with E-state index in [2.05, 4.69) is 22.6 Å². The highest BCUT2D eigenvalue weighted by atomic mass is 32.2. The minimum absolute atomic E-state index is 0.0608. The number of hydrogen-bond acceptors (Lipinski definition) is 6. The molecule has 2 aromatic rings. The van der Waals surface area contributed by atoms with E-state index in [-0.39, 0.29) is 23.7 Å². The summed E-state index contributed by atoms with van der Waals surface area (Å²) in [5.74, 6) is 0.975. The molecule has 1 aliphatic heterocycles. The number of piperidine rings is 1. The highest BCUT2D eigenvalue weighted by Gasteiger charge is 2.36. The molecular formula is C23H32N4O4S. The van der Waals surface area contributed by atoms with Crippen LogP contribution in [0.1, 0.15) is 66.3 Å². The van der Waals surface area contributed by atoms with Gasteiger partial charge in [-0.2, -0.15) is 4.31 Å². The standard InChI is InChI=1S/C23H32N4O4S/c24-12-4-14-32(29,30)27-13-11-19(15-20(27)10-7-17-5-2-1-3-6-17)25-23(28)21-16-22(31-26-21)18-8-9-18/h1-3,5-6,16,18-20H,4,7-15,24H2,(H,25,28)/t19-,20-/m1/s1. The Bertz CT molecular complexity index is 1000. The van der Waals surface area contributed by atoms with Crippen molar-refractivity contribution in [2.24, 2.45) is 5.73 Å². The average Bonchev–Trinajstić information content (AvgIpc) is 3.53. The van der Waals surface area contributed by atoms with Crippen LogP contribution in [-0.4, -0.2) is 54.7 Å². The van der Waals surface area contributed by atoms with Crippen molar-refractivity contribution in [1.82, 2.24) is 14.8 Å². The maximum Gasteiger partial charge on any atom is 0.273 e. The molecule has 9 heteroatoms. The minimum atomic E-state index is -3.39. The van der Waals surface area contributed by atoms with E-state index in [0.29, 0.717) is 50.4 Å². The van der Waals surface area contributed by atoms with Gasteiger partial charge in [-0.25, -0.2) is 8.42 Å². The summed E-state index contributed by atoms with van der Waals surface area (Å²) in [5, 5.41) is 6.97. The third-order valence-electron chi connectivity index (χ3n) is 6.31. The summed E-state index contributed by atoms with van der Waals surface area (Å²) in [6.45, 7) is 0.741. The van der Waals surface area contributed by atoms with Crippen LogP contribution in [0.25, 0.3) is 0 Å². The number of hydrogen-bond donors (Lipinski definition) is 2. The Labute approximate surface area is 189 Å². The fourth-order valence-electron chi connectivity index (χ4n) is 4.37. The zero-order chi connectivity index (χ0) is 22.6. The van der Waals surface area contributed by atoms with E-state index < -0.39 is 10.0 Å². The molecule has 3 N–H and O–H groups in total. The van der Waals surface area contributed by atoms with Gasteiger partial charge in [0.2, 0.25) is 10.0 Å². The van der Waals surface area contributed by atoms with Crippen LogP contribution in [0.15, 0.2) is 40.9 Å². The van der Waals surface area contributed by atoms with Crippen LogP contribution in [0.3, 0.4) is 0 Å². The van der Waals surface area contributed by atoms with Crippen LogP contribution in [0.5, 0.6) is 0 Å². The summed E-state index contributed by atoms with van der Waals surface area (Å²) in [7, 11) is -3.39. The van der Waals surface area contributed by atoms with Crippen molar-refractivity contribution < 1.29 is 17.7 Å². The predicted octanol–water partition coefficient (Wildman–Crippen LogP) is 2.43. The molecule has 1 amide bonds. The third-order valence-corrected chi connectivity index (χ3v) is 8.31. The van der Waals surface area contributed by atoms with Crippen molar-refractivity contribution in [1.29, 1.82) is 0 Å². The van der Waals surface area contributed by atoms with Gasteiger partial charge in [-0.3, -0.25) is 4.79 Å². The number of amides is 1. The number of carbonyl (C=O) groups is 1. The number of benzene rings is 1. The normalized spacial score (nSPS) is 22.0.